The fourth-order valence-corrected chi connectivity index (χ4v) is 5.48. The van der Waals surface area contributed by atoms with Crippen molar-refractivity contribution in [2.45, 2.75) is 50.9 Å². The van der Waals surface area contributed by atoms with E-state index in [0.717, 1.165) is 51.4 Å². The Morgan fingerprint density at radius 1 is 1.03 bits per heavy atom. The summed E-state index contributed by atoms with van der Waals surface area (Å²) in [5.74, 6) is 2.64. The first-order valence-electron chi connectivity index (χ1n) is 10.2. The quantitative estimate of drug-likeness (QED) is 0.326. The number of aromatic nitrogens is 3. The Bertz CT molecular complexity index is 1090. The predicted octanol–water partition coefficient (Wildman–Crippen LogP) is 6.69. The van der Waals surface area contributed by atoms with Crippen LogP contribution in [0.1, 0.15) is 35.0 Å². The van der Waals surface area contributed by atoms with Crippen LogP contribution in [0.3, 0.4) is 0 Å². The van der Waals surface area contributed by atoms with Gasteiger partial charge in [0, 0.05) is 18.0 Å². The number of rotatable bonds is 9. The largest absolute Gasteiger partial charge is 0.325 e. The number of nitrogens with one attached hydrogen (secondary N) is 1. The second kappa shape index (κ2) is 11.5. The highest BCUT2D eigenvalue weighted by molar-refractivity contribution is 7.99. The first-order valence-corrected chi connectivity index (χ1v) is 13.1. The van der Waals surface area contributed by atoms with Gasteiger partial charge in [0.15, 0.2) is 5.16 Å². The van der Waals surface area contributed by atoms with Gasteiger partial charge in [0.1, 0.15) is 5.82 Å². The molecule has 1 amide bonds. The number of anilines is 1. The maximum Gasteiger partial charge on any atom is 0.234 e. The molecule has 3 rings (SSSR count). The van der Waals surface area contributed by atoms with Crippen LogP contribution in [0.5, 0.6) is 0 Å². The first kappa shape index (κ1) is 25.0. The summed E-state index contributed by atoms with van der Waals surface area (Å²) in [5.41, 5.74) is 5.32. The van der Waals surface area contributed by atoms with Gasteiger partial charge < -0.3 is 9.88 Å². The lowest BCUT2D eigenvalue weighted by Gasteiger charge is -2.13. The van der Waals surface area contributed by atoms with Gasteiger partial charge in [0.2, 0.25) is 5.91 Å². The summed E-state index contributed by atoms with van der Waals surface area (Å²) in [6, 6.07) is 9.83. The molecule has 0 spiro atoms. The molecular weight excluding hydrogens is 483 g/mol. The van der Waals surface area contributed by atoms with E-state index in [4.69, 9.17) is 23.2 Å². The van der Waals surface area contributed by atoms with Crippen molar-refractivity contribution in [3.63, 3.8) is 0 Å². The van der Waals surface area contributed by atoms with E-state index >= 15 is 0 Å². The van der Waals surface area contributed by atoms with Gasteiger partial charge in [0.05, 0.1) is 21.6 Å². The summed E-state index contributed by atoms with van der Waals surface area (Å²) in [6.45, 7) is 8.88. The third kappa shape index (κ3) is 6.44. The first-order chi connectivity index (χ1) is 15.3. The van der Waals surface area contributed by atoms with Crippen molar-refractivity contribution in [2.75, 3.05) is 11.1 Å². The molecule has 0 radical (unpaired) electrons. The fourth-order valence-electron chi connectivity index (χ4n) is 3.42. The standard InChI is InChI=1S/C23H26Cl2N4OS2/c1-5-29-20(12-31-11-17-6-7-18(24)19(25)10-17)27-28-23(29)32-13-21(30)26-22-15(3)8-14(2)9-16(22)4/h6-10H,5,11-13H2,1-4H3,(H,26,30). The van der Waals surface area contributed by atoms with E-state index in [1.54, 1.807) is 11.8 Å². The van der Waals surface area contributed by atoms with Gasteiger partial charge in [-0.3, -0.25) is 4.79 Å². The van der Waals surface area contributed by atoms with Gasteiger partial charge in [-0.2, -0.15) is 0 Å². The highest BCUT2D eigenvalue weighted by Gasteiger charge is 2.15. The number of carbonyl (C=O) groups excluding carboxylic acids is 1. The Morgan fingerprint density at radius 3 is 2.41 bits per heavy atom. The lowest BCUT2D eigenvalue weighted by Crippen LogP contribution is -2.16. The zero-order valence-electron chi connectivity index (χ0n) is 18.5. The van der Waals surface area contributed by atoms with Crippen molar-refractivity contribution in [3.05, 3.63) is 68.5 Å². The molecule has 5 nitrogen and oxygen atoms in total. The number of thioether (sulfide) groups is 2. The summed E-state index contributed by atoms with van der Waals surface area (Å²) in [5, 5.41) is 13.6. The Labute approximate surface area is 207 Å². The van der Waals surface area contributed by atoms with Crippen molar-refractivity contribution in [1.29, 1.82) is 0 Å². The average molecular weight is 510 g/mol. The molecule has 0 atom stereocenters. The maximum atomic E-state index is 12.5. The zero-order chi connectivity index (χ0) is 23.3. The van der Waals surface area contributed by atoms with Crippen LogP contribution in [0.25, 0.3) is 0 Å². The van der Waals surface area contributed by atoms with E-state index in [0.29, 0.717) is 10.0 Å². The molecule has 1 aromatic heterocycles. The highest BCUT2D eigenvalue weighted by Crippen LogP contribution is 2.27. The number of hydrogen-bond acceptors (Lipinski definition) is 5. The smallest absolute Gasteiger partial charge is 0.234 e. The molecule has 32 heavy (non-hydrogen) atoms. The SMILES string of the molecule is CCn1c(CSCc2ccc(Cl)c(Cl)c2)nnc1SCC(=O)Nc1c(C)cc(C)cc1C. The third-order valence-electron chi connectivity index (χ3n) is 4.87. The molecular formula is C23H26Cl2N4OS2. The number of hydrogen-bond donors (Lipinski definition) is 1. The number of carbonyl (C=O) groups is 1. The molecule has 170 valence electrons. The minimum atomic E-state index is -0.0498. The van der Waals surface area contributed by atoms with E-state index in [-0.39, 0.29) is 11.7 Å². The Balaban J connectivity index is 1.56. The van der Waals surface area contributed by atoms with Crippen LogP contribution in [-0.4, -0.2) is 26.4 Å². The molecule has 9 heteroatoms. The van der Waals surface area contributed by atoms with Crippen LogP contribution in [0.4, 0.5) is 5.69 Å². The van der Waals surface area contributed by atoms with Gasteiger partial charge >= 0.3 is 0 Å². The van der Waals surface area contributed by atoms with E-state index in [2.05, 4.69) is 46.1 Å². The molecule has 1 heterocycles. The van der Waals surface area contributed by atoms with E-state index in [9.17, 15) is 4.79 Å². The van der Waals surface area contributed by atoms with Gasteiger partial charge in [-0.05, 0) is 56.5 Å². The van der Waals surface area contributed by atoms with Crippen molar-refractivity contribution in [1.82, 2.24) is 14.8 Å². The summed E-state index contributed by atoms with van der Waals surface area (Å²) in [7, 11) is 0. The van der Waals surface area contributed by atoms with Crippen molar-refractivity contribution in [3.8, 4) is 0 Å². The Kier molecular flexibility index (Phi) is 8.94. The molecule has 0 aliphatic carbocycles. The van der Waals surface area contributed by atoms with E-state index in [1.165, 1.54) is 17.3 Å². The van der Waals surface area contributed by atoms with Gasteiger partial charge in [0.25, 0.3) is 0 Å². The van der Waals surface area contributed by atoms with Crippen LogP contribution in [0, 0.1) is 20.8 Å². The predicted molar refractivity (Wildman–Crippen MR) is 137 cm³/mol. The number of aryl methyl sites for hydroxylation is 3. The molecule has 0 fully saturated rings. The van der Waals surface area contributed by atoms with Gasteiger partial charge in [-0.15, -0.1) is 22.0 Å². The Hall–Kier alpha value is -1.67. The van der Waals surface area contributed by atoms with E-state index < -0.39 is 0 Å². The van der Waals surface area contributed by atoms with Crippen molar-refractivity contribution < 1.29 is 4.79 Å². The molecule has 0 unspecified atom stereocenters. The number of nitrogens with zero attached hydrogens (tertiary/aromatic N) is 3. The molecule has 0 saturated carbocycles. The van der Waals surface area contributed by atoms with Crippen LogP contribution in [0.2, 0.25) is 10.0 Å². The molecule has 1 N–H and O–H groups in total. The van der Waals surface area contributed by atoms with Crippen LogP contribution < -0.4 is 5.32 Å². The number of amides is 1. The van der Waals surface area contributed by atoms with Crippen LogP contribution in [-0.2, 0) is 22.8 Å². The van der Waals surface area contributed by atoms with Crippen LogP contribution in [0.15, 0.2) is 35.5 Å². The fraction of sp³-hybridized carbons (Fsp3) is 0.348. The van der Waals surface area contributed by atoms with Gasteiger partial charge in [-0.25, -0.2) is 0 Å². The maximum absolute atomic E-state index is 12.5. The lowest BCUT2D eigenvalue weighted by atomic mass is 10.1. The number of benzene rings is 2. The summed E-state index contributed by atoms with van der Waals surface area (Å²) >= 11 is 15.2. The summed E-state index contributed by atoms with van der Waals surface area (Å²) < 4.78 is 2.06. The minimum absolute atomic E-state index is 0.0498. The van der Waals surface area contributed by atoms with Crippen LogP contribution >= 0.6 is 46.7 Å². The third-order valence-corrected chi connectivity index (χ3v) is 7.57. The molecule has 0 aliphatic rings. The topological polar surface area (TPSA) is 59.8 Å². The molecule has 0 aliphatic heterocycles. The molecule has 2 aromatic carbocycles. The second-order valence-electron chi connectivity index (χ2n) is 7.49. The molecule has 0 bridgehead atoms. The minimum Gasteiger partial charge on any atom is -0.325 e. The van der Waals surface area contributed by atoms with E-state index in [1.807, 2.05) is 32.0 Å². The summed E-state index contributed by atoms with van der Waals surface area (Å²) in [4.78, 5) is 12.5. The average Bonchev–Trinajstić information content (AvgIpc) is 3.13. The Morgan fingerprint density at radius 2 is 1.75 bits per heavy atom. The van der Waals surface area contributed by atoms with Crippen molar-refractivity contribution in [2.24, 2.45) is 0 Å². The van der Waals surface area contributed by atoms with Gasteiger partial charge in [-0.1, -0.05) is 58.7 Å². The lowest BCUT2D eigenvalue weighted by molar-refractivity contribution is -0.113. The monoisotopic (exact) mass is 508 g/mol. The van der Waals surface area contributed by atoms with Crippen molar-refractivity contribution >= 4 is 58.3 Å². The highest BCUT2D eigenvalue weighted by atomic mass is 35.5. The normalized spacial score (nSPS) is 11.1. The molecule has 3 aromatic rings. The molecule has 0 saturated heterocycles. The second-order valence-corrected chi connectivity index (χ2v) is 10.2. The summed E-state index contributed by atoms with van der Waals surface area (Å²) in [6.07, 6.45) is 0. The number of halogens is 2. The zero-order valence-corrected chi connectivity index (χ0v) is 21.7.